The molecule has 1 aliphatic heterocycles. The molecule has 11 heavy (non-hydrogen) atoms. The number of ether oxygens (including phenoxy) is 1. The van der Waals surface area contributed by atoms with Gasteiger partial charge in [0.25, 0.3) is 0 Å². The molecule has 3 heteroatoms. The van der Waals surface area contributed by atoms with E-state index in [0.717, 1.165) is 13.0 Å². The summed E-state index contributed by atoms with van der Waals surface area (Å²) in [7, 11) is 1.46. The lowest BCUT2D eigenvalue weighted by atomic mass is 10.0. The van der Waals surface area contributed by atoms with E-state index >= 15 is 0 Å². The van der Waals surface area contributed by atoms with Crippen molar-refractivity contribution in [1.29, 1.82) is 0 Å². The lowest BCUT2D eigenvalue weighted by Gasteiger charge is -2.38. The quantitative estimate of drug-likeness (QED) is 0.540. The van der Waals surface area contributed by atoms with E-state index in [-0.39, 0.29) is 12.0 Å². The fraction of sp³-hybridized carbons (Fsp3) is 0.875. The van der Waals surface area contributed by atoms with Gasteiger partial charge in [0, 0.05) is 12.6 Å². The van der Waals surface area contributed by atoms with Crippen LogP contribution in [-0.2, 0) is 9.53 Å². The third-order valence-electron chi connectivity index (χ3n) is 2.55. The Balaban J connectivity index is 1.89. The fourth-order valence-corrected chi connectivity index (χ4v) is 1.64. The van der Waals surface area contributed by atoms with Gasteiger partial charge in [0.1, 0.15) is 6.04 Å². The van der Waals surface area contributed by atoms with Crippen LogP contribution < -0.4 is 0 Å². The van der Waals surface area contributed by atoms with E-state index in [2.05, 4.69) is 9.64 Å². The van der Waals surface area contributed by atoms with Gasteiger partial charge < -0.3 is 4.74 Å². The largest absolute Gasteiger partial charge is 0.468 e. The maximum absolute atomic E-state index is 11.1. The number of nitrogens with zero attached hydrogens (tertiary/aromatic N) is 1. The van der Waals surface area contributed by atoms with Crippen molar-refractivity contribution >= 4 is 5.97 Å². The van der Waals surface area contributed by atoms with Crippen LogP contribution in [0.3, 0.4) is 0 Å². The van der Waals surface area contributed by atoms with Crippen LogP contribution in [0.1, 0.15) is 19.3 Å². The molecule has 1 saturated carbocycles. The van der Waals surface area contributed by atoms with Crippen LogP contribution in [0.2, 0.25) is 0 Å². The molecule has 0 aromatic heterocycles. The molecular formula is C8H13NO2. The SMILES string of the molecule is COC(=O)C1CCN1C1CC1. The predicted molar refractivity (Wildman–Crippen MR) is 40.1 cm³/mol. The number of esters is 1. The second-order valence-electron chi connectivity index (χ2n) is 3.30. The molecule has 2 aliphatic rings. The Kier molecular flexibility index (Phi) is 1.60. The second kappa shape index (κ2) is 2.48. The number of rotatable bonds is 2. The highest BCUT2D eigenvalue weighted by molar-refractivity contribution is 5.76. The van der Waals surface area contributed by atoms with E-state index in [1.54, 1.807) is 0 Å². The average Bonchev–Trinajstić information content (AvgIpc) is 2.69. The highest BCUT2D eigenvalue weighted by atomic mass is 16.5. The number of hydrogen-bond acceptors (Lipinski definition) is 3. The summed E-state index contributed by atoms with van der Waals surface area (Å²) < 4.78 is 4.68. The standard InChI is InChI=1S/C8H13NO2/c1-11-8(10)7-4-5-9(7)6-2-3-6/h6-7H,2-5H2,1H3. The summed E-state index contributed by atoms with van der Waals surface area (Å²) in [6, 6.07) is 0.792. The molecular weight excluding hydrogens is 142 g/mol. The molecule has 0 amide bonds. The van der Waals surface area contributed by atoms with Crippen LogP contribution in [0.4, 0.5) is 0 Å². The molecule has 0 N–H and O–H groups in total. The zero-order chi connectivity index (χ0) is 7.84. The third-order valence-corrected chi connectivity index (χ3v) is 2.55. The average molecular weight is 155 g/mol. The Bertz CT molecular complexity index is 177. The minimum absolute atomic E-state index is 0.0526. The fourth-order valence-electron chi connectivity index (χ4n) is 1.64. The molecule has 1 heterocycles. The number of hydrogen-bond donors (Lipinski definition) is 0. The molecule has 1 unspecified atom stereocenters. The van der Waals surface area contributed by atoms with E-state index in [9.17, 15) is 4.79 Å². The zero-order valence-electron chi connectivity index (χ0n) is 6.75. The van der Waals surface area contributed by atoms with E-state index in [1.807, 2.05) is 0 Å². The minimum Gasteiger partial charge on any atom is -0.468 e. The van der Waals surface area contributed by atoms with Crippen molar-refractivity contribution in [2.45, 2.75) is 31.3 Å². The molecule has 0 radical (unpaired) electrons. The minimum atomic E-state index is -0.0526. The van der Waals surface area contributed by atoms with Crippen molar-refractivity contribution < 1.29 is 9.53 Å². The topological polar surface area (TPSA) is 29.5 Å². The molecule has 62 valence electrons. The van der Waals surface area contributed by atoms with Gasteiger partial charge in [0.15, 0.2) is 0 Å². The van der Waals surface area contributed by atoms with Crippen LogP contribution in [0.15, 0.2) is 0 Å². The molecule has 1 saturated heterocycles. The first-order valence-corrected chi connectivity index (χ1v) is 4.16. The smallest absolute Gasteiger partial charge is 0.323 e. The molecule has 0 spiro atoms. The van der Waals surface area contributed by atoms with Gasteiger partial charge in [-0.05, 0) is 19.3 Å². The van der Waals surface area contributed by atoms with Crippen molar-refractivity contribution in [1.82, 2.24) is 4.90 Å². The van der Waals surface area contributed by atoms with E-state index in [1.165, 1.54) is 20.0 Å². The van der Waals surface area contributed by atoms with Crippen molar-refractivity contribution in [2.24, 2.45) is 0 Å². The van der Waals surface area contributed by atoms with Gasteiger partial charge in [-0.3, -0.25) is 9.69 Å². The Labute approximate surface area is 66.3 Å². The van der Waals surface area contributed by atoms with Gasteiger partial charge in [-0.2, -0.15) is 0 Å². The zero-order valence-corrected chi connectivity index (χ0v) is 6.75. The van der Waals surface area contributed by atoms with E-state index in [0.29, 0.717) is 6.04 Å². The van der Waals surface area contributed by atoms with Crippen molar-refractivity contribution in [2.75, 3.05) is 13.7 Å². The van der Waals surface area contributed by atoms with Crippen LogP contribution in [0, 0.1) is 0 Å². The molecule has 2 rings (SSSR count). The summed E-state index contributed by atoms with van der Waals surface area (Å²) in [5, 5.41) is 0. The Morgan fingerprint density at radius 3 is 2.55 bits per heavy atom. The number of carbonyl (C=O) groups is 1. The summed E-state index contributed by atoms with van der Waals surface area (Å²) in [5.41, 5.74) is 0. The third kappa shape index (κ3) is 1.13. The summed E-state index contributed by atoms with van der Waals surface area (Å²) >= 11 is 0. The van der Waals surface area contributed by atoms with Crippen LogP contribution in [-0.4, -0.2) is 36.6 Å². The predicted octanol–water partition coefficient (Wildman–Crippen LogP) is 0.396. The Hall–Kier alpha value is -0.570. The summed E-state index contributed by atoms with van der Waals surface area (Å²) in [6.07, 6.45) is 3.53. The van der Waals surface area contributed by atoms with Crippen molar-refractivity contribution in [3.05, 3.63) is 0 Å². The maximum Gasteiger partial charge on any atom is 0.323 e. The van der Waals surface area contributed by atoms with Crippen LogP contribution >= 0.6 is 0 Å². The first-order valence-electron chi connectivity index (χ1n) is 4.16. The Morgan fingerprint density at radius 1 is 1.45 bits per heavy atom. The van der Waals surface area contributed by atoms with Gasteiger partial charge in [0.05, 0.1) is 7.11 Å². The normalized spacial score (nSPS) is 31.2. The van der Waals surface area contributed by atoms with Gasteiger partial charge in [-0.25, -0.2) is 0 Å². The monoisotopic (exact) mass is 155 g/mol. The van der Waals surface area contributed by atoms with Crippen molar-refractivity contribution in [3.8, 4) is 0 Å². The summed E-state index contributed by atoms with van der Waals surface area (Å²) in [4.78, 5) is 13.3. The van der Waals surface area contributed by atoms with Gasteiger partial charge >= 0.3 is 5.97 Å². The molecule has 0 aromatic carbocycles. The molecule has 0 aromatic rings. The second-order valence-corrected chi connectivity index (χ2v) is 3.30. The van der Waals surface area contributed by atoms with Crippen molar-refractivity contribution in [3.63, 3.8) is 0 Å². The van der Waals surface area contributed by atoms with Gasteiger partial charge in [-0.1, -0.05) is 0 Å². The van der Waals surface area contributed by atoms with Gasteiger partial charge in [-0.15, -0.1) is 0 Å². The van der Waals surface area contributed by atoms with Crippen LogP contribution in [0.25, 0.3) is 0 Å². The molecule has 1 atom stereocenters. The first-order chi connectivity index (χ1) is 5.33. The number of methoxy groups -OCH3 is 1. The highest BCUT2D eigenvalue weighted by Crippen LogP contribution is 2.34. The molecule has 2 fully saturated rings. The first kappa shape index (κ1) is 7.10. The van der Waals surface area contributed by atoms with Gasteiger partial charge in [0.2, 0.25) is 0 Å². The number of carbonyl (C=O) groups excluding carboxylic acids is 1. The molecule has 0 bridgehead atoms. The van der Waals surface area contributed by atoms with E-state index < -0.39 is 0 Å². The molecule has 1 aliphatic carbocycles. The molecule has 3 nitrogen and oxygen atoms in total. The lowest BCUT2D eigenvalue weighted by Crippen LogP contribution is -2.53. The Morgan fingerprint density at radius 2 is 2.18 bits per heavy atom. The van der Waals surface area contributed by atoms with Crippen LogP contribution in [0.5, 0.6) is 0 Å². The summed E-state index contributed by atoms with van der Waals surface area (Å²) in [6.45, 7) is 1.09. The maximum atomic E-state index is 11.1. The highest BCUT2D eigenvalue weighted by Gasteiger charge is 2.43. The summed E-state index contributed by atoms with van der Waals surface area (Å²) in [5.74, 6) is -0.0526. The van der Waals surface area contributed by atoms with E-state index in [4.69, 9.17) is 0 Å². The lowest BCUT2D eigenvalue weighted by molar-refractivity contribution is -0.152. The number of likely N-dealkylation sites (tertiary alicyclic amines) is 1.